The van der Waals surface area contributed by atoms with E-state index in [-0.39, 0.29) is 11.9 Å². The van der Waals surface area contributed by atoms with Crippen molar-refractivity contribution >= 4 is 6.08 Å². The Morgan fingerprint density at radius 2 is 1.71 bits per heavy atom. The summed E-state index contributed by atoms with van der Waals surface area (Å²) in [5, 5.41) is 0. The number of fused-ring (bicyclic) bond motifs is 1. The van der Waals surface area contributed by atoms with E-state index in [1.54, 1.807) is 12.1 Å². The van der Waals surface area contributed by atoms with Gasteiger partial charge in [0.2, 0.25) is 0 Å². The van der Waals surface area contributed by atoms with Crippen LogP contribution in [0.5, 0.6) is 5.75 Å². The van der Waals surface area contributed by atoms with Crippen LogP contribution in [0.1, 0.15) is 17.2 Å². The van der Waals surface area contributed by atoms with Gasteiger partial charge in [-0.3, -0.25) is 0 Å². The molecule has 0 radical (unpaired) electrons. The fraction of sp³-hybridized carbons (Fsp3) is 0.0667. The highest BCUT2D eigenvalue weighted by atomic mass is 19.1. The molecule has 3 rings (SSSR count). The Labute approximate surface area is 99.2 Å². The average Bonchev–Trinajstić information content (AvgIpc) is 2.39. The van der Waals surface area contributed by atoms with E-state index in [1.807, 2.05) is 36.4 Å². The lowest BCUT2D eigenvalue weighted by Gasteiger charge is -2.21. The largest absolute Gasteiger partial charge is 0.481 e. The predicted octanol–water partition coefficient (Wildman–Crippen LogP) is 3.97. The van der Waals surface area contributed by atoms with Crippen LogP contribution < -0.4 is 4.74 Å². The summed E-state index contributed by atoms with van der Waals surface area (Å²) in [5.41, 5.74) is 2.03. The van der Waals surface area contributed by atoms with Crippen molar-refractivity contribution in [3.05, 3.63) is 71.6 Å². The highest BCUT2D eigenvalue weighted by molar-refractivity contribution is 5.60. The number of hydrogen-bond acceptors (Lipinski definition) is 1. The second-order valence-electron chi connectivity index (χ2n) is 3.99. The van der Waals surface area contributed by atoms with Gasteiger partial charge in [-0.1, -0.05) is 36.4 Å². The normalized spacial score (nSPS) is 17.4. The molecule has 0 N–H and O–H groups in total. The maximum atomic E-state index is 12.8. The summed E-state index contributed by atoms with van der Waals surface area (Å²) >= 11 is 0. The molecule has 1 aliphatic heterocycles. The molecule has 0 amide bonds. The fourth-order valence-corrected chi connectivity index (χ4v) is 1.92. The van der Waals surface area contributed by atoms with Gasteiger partial charge < -0.3 is 4.74 Å². The Morgan fingerprint density at radius 1 is 0.941 bits per heavy atom. The third-order valence-electron chi connectivity index (χ3n) is 2.82. The average molecular weight is 226 g/mol. The molecule has 0 unspecified atom stereocenters. The first-order valence-corrected chi connectivity index (χ1v) is 5.52. The highest BCUT2D eigenvalue weighted by Gasteiger charge is 2.15. The van der Waals surface area contributed by atoms with Gasteiger partial charge in [-0.05, 0) is 29.8 Å². The summed E-state index contributed by atoms with van der Waals surface area (Å²) in [6.07, 6.45) is 3.88. The van der Waals surface area contributed by atoms with Gasteiger partial charge in [0.25, 0.3) is 0 Å². The summed E-state index contributed by atoms with van der Waals surface area (Å²) in [4.78, 5) is 0. The Bertz CT molecular complexity index is 557. The van der Waals surface area contributed by atoms with E-state index in [0.717, 1.165) is 16.9 Å². The minimum Gasteiger partial charge on any atom is -0.481 e. The molecule has 0 saturated carbocycles. The zero-order valence-electron chi connectivity index (χ0n) is 9.14. The molecule has 0 fully saturated rings. The number of benzene rings is 2. The lowest BCUT2D eigenvalue weighted by atomic mass is 10.0. The summed E-state index contributed by atoms with van der Waals surface area (Å²) in [5.74, 6) is 0.637. The van der Waals surface area contributed by atoms with Gasteiger partial charge in [-0.25, -0.2) is 4.39 Å². The number of rotatable bonds is 1. The van der Waals surface area contributed by atoms with E-state index in [1.165, 1.54) is 12.1 Å². The molecule has 0 spiro atoms. The molecule has 0 bridgehead atoms. The quantitative estimate of drug-likeness (QED) is 0.714. The number of para-hydroxylation sites is 1. The van der Waals surface area contributed by atoms with Crippen LogP contribution in [0.2, 0.25) is 0 Å². The van der Waals surface area contributed by atoms with Crippen molar-refractivity contribution in [2.24, 2.45) is 0 Å². The molecular formula is C15H11FO. The Balaban J connectivity index is 1.92. The van der Waals surface area contributed by atoms with E-state index in [4.69, 9.17) is 4.74 Å². The minimum absolute atomic E-state index is 0.134. The van der Waals surface area contributed by atoms with Crippen molar-refractivity contribution in [2.45, 2.75) is 6.10 Å². The highest BCUT2D eigenvalue weighted by Crippen LogP contribution is 2.32. The van der Waals surface area contributed by atoms with Crippen LogP contribution in [-0.4, -0.2) is 0 Å². The summed E-state index contributed by atoms with van der Waals surface area (Å²) in [7, 11) is 0. The van der Waals surface area contributed by atoms with E-state index in [9.17, 15) is 4.39 Å². The van der Waals surface area contributed by atoms with Crippen LogP contribution in [0, 0.1) is 5.82 Å². The molecule has 0 aliphatic carbocycles. The topological polar surface area (TPSA) is 9.23 Å². The van der Waals surface area contributed by atoms with Crippen molar-refractivity contribution in [1.82, 2.24) is 0 Å². The van der Waals surface area contributed by atoms with Crippen LogP contribution in [0.3, 0.4) is 0 Å². The number of halogens is 1. The fourth-order valence-electron chi connectivity index (χ4n) is 1.92. The Hall–Kier alpha value is -2.09. The summed E-state index contributed by atoms with van der Waals surface area (Å²) < 4.78 is 18.7. The van der Waals surface area contributed by atoms with Crippen LogP contribution in [0.15, 0.2) is 54.6 Å². The molecule has 17 heavy (non-hydrogen) atoms. The van der Waals surface area contributed by atoms with Crippen molar-refractivity contribution < 1.29 is 9.13 Å². The van der Waals surface area contributed by atoms with Crippen molar-refractivity contribution in [3.63, 3.8) is 0 Å². The first-order chi connectivity index (χ1) is 8.33. The monoisotopic (exact) mass is 226 g/mol. The lowest BCUT2D eigenvalue weighted by molar-refractivity contribution is 0.251. The van der Waals surface area contributed by atoms with E-state index < -0.39 is 0 Å². The van der Waals surface area contributed by atoms with Crippen LogP contribution >= 0.6 is 0 Å². The number of ether oxygens (including phenoxy) is 1. The second-order valence-corrected chi connectivity index (χ2v) is 3.99. The van der Waals surface area contributed by atoms with E-state index in [2.05, 4.69) is 0 Å². The Morgan fingerprint density at radius 3 is 2.53 bits per heavy atom. The maximum absolute atomic E-state index is 12.8. The molecule has 0 aromatic heterocycles. The molecule has 2 heteroatoms. The zero-order valence-corrected chi connectivity index (χ0v) is 9.14. The number of hydrogen-bond donors (Lipinski definition) is 0. The molecule has 1 atom stereocenters. The zero-order chi connectivity index (χ0) is 11.7. The van der Waals surface area contributed by atoms with Crippen LogP contribution in [0.4, 0.5) is 4.39 Å². The molecule has 2 aromatic rings. The van der Waals surface area contributed by atoms with Crippen LogP contribution in [0.25, 0.3) is 6.08 Å². The molecule has 84 valence electrons. The van der Waals surface area contributed by atoms with Gasteiger partial charge in [0.1, 0.15) is 17.7 Å². The van der Waals surface area contributed by atoms with Crippen molar-refractivity contribution in [1.29, 1.82) is 0 Å². The van der Waals surface area contributed by atoms with Gasteiger partial charge >= 0.3 is 0 Å². The molecule has 1 nitrogen and oxygen atoms in total. The summed E-state index contributed by atoms with van der Waals surface area (Å²) in [6, 6.07) is 14.3. The standard InChI is InChI=1S/C15H11FO/c16-13-8-5-12(6-9-13)15-10-7-11-3-1-2-4-14(11)17-15/h1-10,15H/t15-/m1/s1. The molecule has 0 saturated heterocycles. The van der Waals surface area contributed by atoms with Gasteiger partial charge in [-0.15, -0.1) is 0 Å². The maximum Gasteiger partial charge on any atom is 0.142 e. The minimum atomic E-state index is -0.228. The molecule has 1 heterocycles. The molecule has 1 aliphatic rings. The first-order valence-electron chi connectivity index (χ1n) is 5.52. The second kappa shape index (κ2) is 4.06. The lowest BCUT2D eigenvalue weighted by Crippen LogP contribution is -2.08. The SMILES string of the molecule is Fc1ccc([C@H]2C=Cc3ccccc3O2)cc1. The van der Waals surface area contributed by atoms with Crippen LogP contribution in [-0.2, 0) is 0 Å². The van der Waals surface area contributed by atoms with Gasteiger partial charge in [-0.2, -0.15) is 0 Å². The first kappa shape index (κ1) is 10.1. The van der Waals surface area contributed by atoms with E-state index in [0.29, 0.717) is 0 Å². The molecular weight excluding hydrogens is 215 g/mol. The van der Waals surface area contributed by atoms with E-state index >= 15 is 0 Å². The third kappa shape index (κ3) is 1.94. The van der Waals surface area contributed by atoms with Crippen molar-refractivity contribution in [3.8, 4) is 5.75 Å². The Kier molecular flexibility index (Phi) is 2.41. The third-order valence-corrected chi connectivity index (χ3v) is 2.82. The molecule has 2 aromatic carbocycles. The van der Waals surface area contributed by atoms with Gasteiger partial charge in [0.15, 0.2) is 0 Å². The smallest absolute Gasteiger partial charge is 0.142 e. The van der Waals surface area contributed by atoms with Gasteiger partial charge in [0.05, 0.1) is 0 Å². The predicted molar refractivity (Wildman–Crippen MR) is 65.2 cm³/mol. The van der Waals surface area contributed by atoms with Crippen molar-refractivity contribution in [2.75, 3.05) is 0 Å². The summed E-state index contributed by atoms with van der Waals surface area (Å²) in [6.45, 7) is 0. The van der Waals surface area contributed by atoms with Gasteiger partial charge in [0, 0.05) is 5.56 Å².